The highest BCUT2D eigenvalue weighted by atomic mass is 79.9. The molecule has 0 bridgehead atoms. The molecule has 2 aromatic rings. The topological polar surface area (TPSA) is 100 Å². The maximum absolute atomic E-state index is 13.2. The first-order chi connectivity index (χ1) is 12.4. The molecule has 7 nitrogen and oxygen atoms in total. The van der Waals surface area contributed by atoms with E-state index in [0.717, 1.165) is 6.07 Å². The van der Waals surface area contributed by atoms with E-state index in [9.17, 15) is 9.18 Å². The van der Waals surface area contributed by atoms with Crippen LogP contribution >= 0.6 is 15.9 Å². The molecule has 2 N–H and O–H groups in total. The van der Waals surface area contributed by atoms with Crippen LogP contribution in [0.1, 0.15) is 31.0 Å². The Morgan fingerprint density at radius 2 is 2.23 bits per heavy atom. The number of hydrogen-bond donors (Lipinski definition) is 2. The minimum atomic E-state index is -0.514. The average molecular weight is 425 g/mol. The van der Waals surface area contributed by atoms with E-state index in [-0.39, 0.29) is 53.2 Å². The standard InChI is InChI=1S/C17H18BrFN4O3/c1-10(2)23-16(25)14(18)15(22-17(23)21-5-6-24)26-9-11-3-4-13(19)7-12(11)8-20/h3-4,7,10,24H,5-6,9H2,1-2H3,(H,21,22). The number of nitriles is 1. The van der Waals surface area contributed by atoms with Crippen LogP contribution in [0.3, 0.4) is 0 Å². The first-order valence-corrected chi connectivity index (χ1v) is 8.66. The number of aromatic nitrogens is 2. The van der Waals surface area contributed by atoms with E-state index >= 15 is 0 Å². The van der Waals surface area contributed by atoms with Gasteiger partial charge in [0.25, 0.3) is 5.56 Å². The molecule has 0 aliphatic rings. The van der Waals surface area contributed by atoms with Crippen molar-refractivity contribution in [1.29, 1.82) is 5.26 Å². The van der Waals surface area contributed by atoms with Gasteiger partial charge in [0.2, 0.25) is 11.8 Å². The summed E-state index contributed by atoms with van der Waals surface area (Å²) in [5.74, 6) is -0.211. The molecule has 0 amide bonds. The highest BCUT2D eigenvalue weighted by Crippen LogP contribution is 2.24. The molecule has 0 saturated heterocycles. The highest BCUT2D eigenvalue weighted by Gasteiger charge is 2.18. The van der Waals surface area contributed by atoms with Gasteiger partial charge in [-0.15, -0.1) is 0 Å². The Kier molecular flexibility index (Phi) is 6.71. The van der Waals surface area contributed by atoms with Crippen LogP contribution in [0.4, 0.5) is 10.3 Å². The van der Waals surface area contributed by atoms with Crippen molar-refractivity contribution in [2.75, 3.05) is 18.5 Å². The van der Waals surface area contributed by atoms with Crippen molar-refractivity contribution in [3.63, 3.8) is 0 Å². The van der Waals surface area contributed by atoms with E-state index < -0.39 is 5.82 Å². The number of aliphatic hydroxyl groups is 1. The summed E-state index contributed by atoms with van der Waals surface area (Å²) >= 11 is 3.20. The third-order valence-corrected chi connectivity index (χ3v) is 4.18. The van der Waals surface area contributed by atoms with E-state index in [2.05, 4.69) is 26.2 Å². The van der Waals surface area contributed by atoms with Crippen molar-refractivity contribution in [2.45, 2.75) is 26.5 Å². The Bertz CT molecular complexity index is 893. The Labute approximate surface area is 158 Å². The van der Waals surface area contributed by atoms with Crippen LogP contribution in [0.5, 0.6) is 5.88 Å². The van der Waals surface area contributed by atoms with E-state index in [1.165, 1.54) is 16.7 Å². The van der Waals surface area contributed by atoms with Crippen LogP contribution in [0.15, 0.2) is 27.5 Å². The van der Waals surface area contributed by atoms with E-state index in [0.29, 0.717) is 5.56 Å². The minimum Gasteiger partial charge on any atom is -0.472 e. The van der Waals surface area contributed by atoms with Crippen molar-refractivity contribution in [3.8, 4) is 11.9 Å². The molecule has 0 saturated carbocycles. The van der Waals surface area contributed by atoms with Crippen LogP contribution in [-0.2, 0) is 6.61 Å². The molecule has 1 aromatic heterocycles. The van der Waals surface area contributed by atoms with Gasteiger partial charge in [0, 0.05) is 18.2 Å². The molecule has 0 spiro atoms. The average Bonchev–Trinajstić information content (AvgIpc) is 2.61. The molecule has 1 aromatic carbocycles. The van der Waals surface area contributed by atoms with Crippen molar-refractivity contribution >= 4 is 21.9 Å². The molecule has 2 rings (SSSR count). The third kappa shape index (κ3) is 4.39. The Morgan fingerprint density at radius 3 is 2.85 bits per heavy atom. The molecule has 0 aliphatic heterocycles. The second kappa shape index (κ2) is 8.78. The molecule has 0 atom stereocenters. The number of rotatable bonds is 7. The Hall–Kier alpha value is -2.44. The van der Waals surface area contributed by atoms with Crippen molar-refractivity contribution in [2.24, 2.45) is 0 Å². The largest absolute Gasteiger partial charge is 0.472 e. The summed E-state index contributed by atoms with van der Waals surface area (Å²) in [6, 6.07) is 5.53. The number of ether oxygens (including phenoxy) is 1. The fourth-order valence-electron chi connectivity index (χ4n) is 2.28. The normalized spacial score (nSPS) is 10.7. The summed E-state index contributed by atoms with van der Waals surface area (Å²) in [4.78, 5) is 16.9. The van der Waals surface area contributed by atoms with Gasteiger partial charge < -0.3 is 15.2 Å². The van der Waals surface area contributed by atoms with Crippen molar-refractivity contribution < 1.29 is 14.2 Å². The second-order valence-electron chi connectivity index (χ2n) is 5.68. The zero-order chi connectivity index (χ0) is 19.3. The van der Waals surface area contributed by atoms with Crippen LogP contribution in [0, 0.1) is 17.1 Å². The van der Waals surface area contributed by atoms with E-state index in [1.807, 2.05) is 19.9 Å². The predicted molar refractivity (Wildman–Crippen MR) is 97.6 cm³/mol. The van der Waals surface area contributed by atoms with Gasteiger partial charge in [0.05, 0.1) is 18.2 Å². The lowest BCUT2D eigenvalue weighted by Crippen LogP contribution is -2.28. The zero-order valence-electron chi connectivity index (χ0n) is 14.3. The third-order valence-electron chi connectivity index (χ3n) is 3.50. The molecule has 9 heteroatoms. The van der Waals surface area contributed by atoms with Crippen molar-refractivity contribution in [3.05, 3.63) is 50.0 Å². The summed E-state index contributed by atoms with van der Waals surface area (Å²) in [6.07, 6.45) is 0. The van der Waals surface area contributed by atoms with Crippen LogP contribution in [0.25, 0.3) is 0 Å². The highest BCUT2D eigenvalue weighted by molar-refractivity contribution is 9.10. The molecule has 0 fully saturated rings. The van der Waals surface area contributed by atoms with E-state index in [4.69, 9.17) is 15.1 Å². The first kappa shape index (κ1) is 19.9. The number of anilines is 1. The molecule has 138 valence electrons. The Morgan fingerprint density at radius 1 is 1.50 bits per heavy atom. The lowest BCUT2D eigenvalue weighted by atomic mass is 10.1. The lowest BCUT2D eigenvalue weighted by Gasteiger charge is -2.18. The molecule has 1 heterocycles. The summed E-state index contributed by atoms with van der Waals surface area (Å²) in [5.41, 5.74) is 0.279. The Balaban J connectivity index is 2.37. The lowest BCUT2D eigenvalue weighted by molar-refractivity contribution is 0.288. The van der Waals surface area contributed by atoms with Gasteiger partial charge in [0.1, 0.15) is 16.9 Å². The summed E-state index contributed by atoms with van der Waals surface area (Å²) in [6.45, 7) is 3.70. The van der Waals surface area contributed by atoms with Crippen LogP contribution in [-0.4, -0.2) is 27.8 Å². The first-order valence-electron chi connectivity index (χ1n) is 7.87. The van der Waals surface area contributed by atoms with Gasteiger partial charge >= 0.3 is 0 Å². The SMILES string of the molecule is CC(C)n1c(NCCO)nc(OCc2ccc(F)cc2C#N)c(Br)c1=O. The van der Waals surface area contributed by atoms with Gasteiger partial charge in [-0.05, 0) is 41.9 Å². The summed E-state index contributed by atoms with van der Waals surface area (Å²) < 4.78 is 20.4. The monoisotopic (exact) mass is 424 g/mol. The second-order valence-corrected chi connectivity index (χ2v) is 6.47. The maximum atomic E-state index is 13.2. The molecule has 0 aliphatic carbocycles. The van der Waals surface area contributed by atoms with Crippen molar-refractivity contribution in [1.82, 2.24) is 9.55 Å². The number of aliphatic hydroxyl groups excluding tert-OH is 1. The quantitative estimate of drug-likeness (QED) is 0.708. The molecule has 26 heavy (non-hydrogen) atoms. The van der Waals surface area contributed by atoms with Crippen LogP contribution < -0.4 is 15.6 Å². The molecular formula is C17H18BrFN4O3. The fraction of sp³-hybridized carbons (Fsp3) is 0.353. The van der Waals surface area contributed by atoms with E-state index in [1.54, 1.807) is 0 Å². The number of halogens is 2. The summed E-state index contributed by atoms with van der Waals surface area (Å²) in [7, 11) is 0. The van der Waals surface area contributed by atoms with Gasteiger partial charge in [-0.25, -0.2) is 4.39 Å². The number of hydrogen-bond acceptors (Lipinski definition) is 6. The maximum Gasteiger partial charge on any atom is 0.273 e. The smallest absolute Gasteiger partial charge is 0.273 e. The molecule has 0 radical (unpaired) electrons. The summed E-state index contributed by atoms with van der Waals surface area (Å²) in [5, 5.41) is 21.0. The van der Waals surface area contributed by atoms with Gasteiger partial charge in [-0.2, -0.15) is 10.2 Å². The van der Waals surface area contributed by atoms with Gasteiger partial charge in [0.15, 0.2) is 0 Å². The zero-order valence-corrected chi connectivity index (χ0v) is 15.9. The number of nitrogens with one attached hydrogen (secondary N) is 1. The molecular weight excluding hydrogens is 407 g/mol. The van der Waals surface area contributed by atoms with Crippen LogP contribution in [0.2, 0.25) is 0 Å². The number of benzene rings is 1. The number of nitrogens with zero attached hydrogens (tertiary/aromatic N) is 3. The van der Waals surface area contributed by atoms with Gasteiger partial charge in [-0.1, -0.05) is 6.07 Å². The fourth-order valence-corrected chi connectivity index (χ4v) is 2.68. The van der Waals surface area contributed by atoms with Gasteiger partial charge in [-0.3, -0.25) is 9.36 Å². The minimum absolute atomic E-state index is 0.0422. The molecule has 0 unspecified atom stereocenters. The predicted octanol–water partition coefficient (Wildman–Crippen LogP) is 2.58.